The van der Waals surface area contributed by atoms with Gasteiger partial charge in [-0.15, -0.1) is 45.3 Å². The van der Waals surface area contributed by atoms with Crippen LogP contribution in [0.2, 0.25) is 0 Å². The van der Waals surface area contributed by atoms with Crippen LogP contribution in [0.1, 0.15) is 33.1 Å². The van der Waals surface area contributed by atoms with E-state index in [-0.39, 0.29) is 0 Å². The van der Waals surface area contributed by atoms with Crippen LogP contribution in [0.5, 0.6) is 0 Å². The van der Waals surface area contributed by atoms with Gasteiger partial charge in [-0.1, -0.05) is 31.2 Å². The third-order valence-electron chi connectivity index (χ3n) is 6.56. The van der Waals surface area contributed by atoms with Crippen LogP contribution in [-0.2, 0) is 6.54 Å². The van der Waals surface area contributed by atoms with Gasteiger partial charge in [0.2, 0.25) is 0 Å². The second kappa shape index (κ2) is 10.1. The minimum atomic E-state index is 0.577. The molecular formula is C31H19N5S4. The van der Waals surface area contributed by atoms with Crippen molar-refractivity contribution in [2.45, 2.75) is 19.9 Å². The van der Waals surface area contributed by atoms with Gasteiger partial charge in [0, 0.05) is 16.3 Å². The van der Waals surface area contributed by atoms with Crippen molar-refractivity contribution in [1.82, 2.24) is 14.5 Å². The van der Waals surface area contributed by atoms with Crippen LogP contribution in [0, 0.1) is 22.7 Å². The number of aryl methyl sites for hydroxylation is 1. The van der Waals surface area contributed by atoms with Crippen molar-refractivity contribution in [2.75, 3.05) is 0 Å². The molecule has 0 aliphatic carbocycles. The number of allylic oxidation sites excluding steroid dienone is 2. The van der Waals surface area contributed by atoms with Crippen LogP contribution < -0.4 is 0 Å². The normalized spacial score (nSPS) is 12.6. The van der Waals surface area contributed by atoms with E-state index in [4.69, 9.17) is 0 Å². The predicted octanol–water partition coefficient (Wildman–Crippen LogP) is 9.68. The highest BCUT2D eigenvalue weighted by Crippen LogP contribution is 2.42. The highest BCUT2D eigenvalue weighted by atomic mass is 32.1. The Hall–Kier alpha value is -4.12. The maximum absolute atomic E-state index is 9.97. The smallest absolute Gasteiger partial charge is 0.135 e. The van der Waals surface area contributed by atoms with Gasteiger partial charge in [-0.3, -0.25) is 0 Å². The lowest BCUT2D eigenvalue weighted by atomic mass is 10.2. The van der Waals surface area contributed by atoms with Gasteiger partial charge in [-0.2, -0.15) is 10.5 Å². The summed E-state index contributed by atoms with van der Waals surface area (Å²) >= 11 is 6.49. The molecule has 5 nitrogen and oxygen atoms in total. The maximum atomic E-state index is 9.97. The molecular weight excluding hydrogens is 571 g/mol. The fourth-order valence-corrected chi connectivity index (χ4v) is 9.03. The van der Waals surface area contributed by atoms with E-state index in [1.807, 2.05) is 60.7 Å². The number of thiazole rings is 2. The van der Waals surface area contributed by atoms with Gasteiger partial charge < -0.3 is 4.57 Å². The van der Waals surface area contributed by atoms with Crippen molar-refractivity contribution < 1.29 is 0 Å². The zero-order chi connectivity index (χ0) is 27.2. The number of rotatable bonds is 6. The van der Waals surface area contributed by atoms with Crippen molar-refractivity contribution in [3.63, 3.8) is 0 Å². The van der Waals surface area contributed by atoms with E-state index < -0.39 is 0 Å². The number of hydrogen-bond acceptors (Lipinski definition) is 8. The minimum Gasteiger partial charge on any atom is -0.339 e. The number of nitriles is 2. The molecule has 0 saturated heterocycles. The molecule has 0 aliphatic heterocycles. The van der Waals surface area contributed by atoms with Gasteiger partial charge >= 0.3 is 0 Å². The number of fused-ring (bicyclic) bond motifs is 5. The van der Waals surface area contributed by atoms with Crippen molar-refractivity contribution >= 4 is 110 Å². The van der Waals surface area contributed by atoms with E-state index >= 15 is 0 Å². The molecule has 5 heterocycles. The van der Waals surface area contributed by atoms with Gasteiger partial charge in [0.05, 0.1) is 52.0 Å². The molecule has 0 radical (unpaired) electrons. The Kier molecular flexibility index (Phi) is 6.30. The Labute approximate surface area is 245 Å². The summed E-state index contributed by atoms with van der Waals surface area (Å²) in [6.45, 7) is 3.07. The van der Waals surface area contributed by atoms with Gasteiger partial charge in [-0.25, -0.2) is 9.97 Å². The molecule has 7 rings (SSSR count). The Morgan fingerprint density at radius 1 is 0.750 bits per heavy atom. The Morgan fingerprint density at radius 2 is 1.23 bits per heavy atom. The zero-order valence-corrected chi connectivity index (χ0v) is 24.5. The standard InChI is InChI=1S/C31H19N5S4/c1-2-11-36-24-14-20(12-18(16-32)30-34-22-7-3-5-9-26(22)39-30)37-28(24)29-25(36)15-21(38-29)13-19(17-33)31-35-23-8-4-6-10-27(23)40-31/h3-10,12-15H,2,11H2,1H3/b18-12+,19-13+. The highest BCUT2D eigenvalue weighted by Gasteiger charge is 2.18. The number of para-hydroxylation sites is 2. The Balaban J connectivity index is 1.31. The largest absolute Gasteiger partial charge is 0.339 e. The number of aromatic nitrogens is 3. The summed E-state index contributed by atoms with van der Waals surface area (Å²) in [4.78, 5) is 11.4. The average Bonchev–Trinajstić information content (AvgIpc) is 3.78. The van der Waals surface area contributed by atoms with Gasteiger partial charge in [0.25, 0.3) is 0 Å². The van der Waals surface area contributed by atoms with E-state index in [1.54, 1.807) is 45.3 Å². The lowest BCUT2D eigenvalue weighted by Gasteiger charge is -2.02. The third-order valence-corrected chi connectivity index (χ3v) is 11.0. The Morgan fingerprint density at radius 3 is 1.65 bits per heavy atom. The van der Waals surface area contributed by atoms with Crippen LogP contribution in [0.25, 0.3) is 64.2 Å². The van der Waals surface area contributed by atoms with Gasteiger partial charge in [0.1, 0.15) is 22.2 Å². The molecule has 0 spiro atoms. The van der Waals surface area contributed by atoms with E-state index in [1.165, 1.54) is 20.4 Å². The van der Waals surface area contributed by atoms with Crippen LogP contribution in [0.4, 0.5) is 0 Å². The quantitative estimate of drug-likeness (QED) is 0.181. The summed E-state index contributed by atoms with van der Waals surface area (Å²) in [5.41, 5.74) is 5.35. The molecule has 0 saturated carbocycles. The van der Waals surface area contributed by atoms with Crippen LogP contribution >= 0.6 is 45.3 Å². The summed E-state index contributed by atoms with van der Waals surface area (Å²) in [6.07, 6.45) is 4.92. The molecule has 7 aromatic rings. The molecule has 2 aromatic carbocycles. The average molecular weight is 590 g/mol. The predicted molar refractivity (Wildman–Crippen MR) is 172 cm³/mol. The first-order valence-corrected chi connectivity index (χ1v) is 15.9. The summed E-state index contributed by atoms with van der Waals surface area (Å²) in [6, 6.07) is 25.0. The first kappa shape index (κ1) is 24.9. The van der Waals surface area contributed by atoms with Crippen molar-refractivity contribution in [1.29, 1.82) is 10.5 Å². The summed E-state index contributed by atoms with van der Waals surface area (Å²) in [7, 11) is 0. The number of hydrogen-bond donors (Lipinski definition) is 0. The van der Waals surface area contributed by atoms with Crippen molar-refractivity contribution in [2.24, 2.45) is 0 Å². The number of nitrogens with zero attached hydrogens (tertiary/aromatic N) is 5. The Bertz CT molecular complexity index is 2000. The summed E-state index contributed by atoms with van der Waals surface area (Å²) in [5, 5.41) is 21.4. The maximum Gasteiger partial charge on any atom is 0.135 e. The summed E-state index contributed by atoms with van der Waals surface area (Å²) in [5.74, 6) is 0. The van der Waals surface area contributed by atoms with Crippen LogP contribution in [0.3, 0.4) is 0 Å². The summed E-state index contributed by atoms with van der Waals surface area (Å²) < 4.78 is 6.93. The molecule has 0 N–H and O–H groups in total. The molecule has 40 heavy (non-hydrogen) atoms. The molecule has 0 bridgehead atoms. The zero-order valence-electron chi connectivity index (χ0n) is 21.2. The van der Waals surface area contributed by atoms with Crippen molar-refractivity contribution in [3.8, 4) is 12.1 Å². The topological polar surface area (TPSA) is 78.3 Å². The fourth-order valence-electron chi connectivity index (χ4n) is 4.81. The molecule has 192 valence electrons. The molecule has 9 heteroatoms. The molecule has 5 aromatic heterocycles. The third kappa shape index (κ3) is 4.25. The van der Waals surface area contributed by atoms with E-state index in [9.17, 15) is 10.5 Å². The van der Waals surface area contributed by atoms with E-state index in [2.05, 4.69) is 45.7 Å². The van der Waals surface area contributed by atoms with E-state index in [0.29, 0.717) is 11.1 Å². The lowest BCUT2D eigenvalue weighted by Crippen LogP contribution is -1.94. The van der Waals surface area contributed by atoms with Gasteiger partial charge in [-0.05, 0) is 55.0 Å². The number of thiophene rings is 2. The number of benzene rings is 2. The molecule has 0 fully saturated rings. The van der Waals surface area contributed by atoms with Gasteiger partial charge in [0.15, 0.2) is 0 Å². The van der Waals surface area contributed by atoms with E-state index in [0.717, 1.165) is 53.2 Å². The van der Waals surface area contributed by atoms with Crippen LogP contribution in [-0.4, -0.2) is 14.5 Å². The highest BCUT2D eigenvalue weighted by molar-refractivity contribution is 7.28. The fraction of sp³-hybridized carbons (Fsp3) is 0.0968. The monoisotopic (exact) mass is 589 g/mol. The first-order chi connectivity index (χ1) is 19.6. The minimum absolute atomic E-state index is 0.577. The molecule has 0 unspecified atom stereocenters. The first-order valence-electron chi connectivity index (χ1n) is 12.7. The lowest BCUT2D eigenvalue weighted by molar-refractivity contribution is 0.724. The second-order valence-corrected chi connectivity index (χ2v) is 13.4. The second-order valence-electron chi connectivity index (χ2n) is 9.19. The van der Waals surface area contributed by atoms with Crippen molar-refractivity contribution in [3.05, 3.63) is 80.4 Å². The SMILES string of the molecule is CCCn1c2cc(/C=C(\C#N)c3nc4ccccc4s3)sc2c2sc(/C=C(\C#N)c3nc4ccccc4s3)cc21. The molecule has 0 amide bonds. The molecule has 0 aliphatic rings. The van der Waals surface area contributed by atoms with Crippen LogP contribution in [0.15, 0.2) is 60.7 Å². The molecule has 0 atom stereocenters.